The van der Waals surface area contributed by atoms with Crippen LogP contribution in [0.25, 0.3) is 0 Å². The number of rotatable bonds is 9. The van der Waals surface area contributed by atoms with Crippen molar-refractivity contribution in [2.24, 2.45) is 5.92 Å². The molecule has 1 unspecified atom stereocenters. The van der Waals surface area contributed by atoms with E-state index in [0.717, 1.165) is 24.0 Å². The zero-order valence-electron chi connectivity index (χ0n) is 13.7. The third-order valence-electron chi connectivity index (χ3n) is 4.21. The number of ether oxygens (including phenoxy) is 2. The number of benzene rings is 1. The quantitative estimate of drug-likeness (QED) is 0.735. The first kappa shape index (κ1) is 16.2. The van der Waals surface area contributed by atoms with Crippen LogP contribution in [-0.4, -0.2) is 19.8 Å². The standard InChI is InChI=1S/C18H29NO2/c1-4-19-16(12-14-8-7-9-14)15-10-11-17(20-5-2)18(13-15)21-6-3/h10-11,13-14,16,19H,4-9,12H2,1-3H3. The van der Waals surface area contributed by atoms with Crippen LogP contribution in [0.15, 0.2) is 18.2 Å². The van der Waals surface area contributed by atoms with Gasteiger partial charge >= 0.3 is 0 Å². The van der Waals surface area contributed by atoms with Gasteiger partial charge in [-0.2, -0.15) is 0 Å². The average molecular weight is 291 g/mol. The second-order valence-electron chi connectivity index (χ2n) is 5.72. The Morgan fingerprint density at radius 3 is 2.38 bits per heavy atom. The van der Waals surface area contributed by atoms with Gasteiger partial charge in [-0.05, 0) is 50.4 Å². The summed E-state index contributed by atoms with van der Waals surface area (Å²) in [6.07, 6.45) is 5.40. The Morgan fingerprint density at radius 2 is 1.81 bits per heavy atom. The molecule has 1 aliphatic rings. The molecule has 1 aromatic carbocycles. The Morgan fingerprint density at radius 1 is 1.10 bits per heavy atom. The van der Waals surface area contributed by atoms with Crippen molar-refractivity contribution in [2.45, 2.75) is 52.5 Å². The van der Waals surface area contributed by atoms with Crippen LogP contribution in [0.2, 0.25) is 0 Å². The van der Waals surface area contributed by atoms with Gasteiger partial charge in [0.05, 0.1) is 13.2 Å². The first-order valence-electron chi connectivity index (χ1n) is 8.41. The molecule has 1 aromatic rings. The number of hydrogen-bond donors (Lipinski definition) is 1. The molecule has 0 heterocycles. The van der Waals surface area contributed by atoms with E-state index in [1.165, 1.54) is 31.2 Å². The summed E-state index contributed by atoms with van der Waals surface area (Å²) < 4.78 is 11.4. The van der Waals surface area contributed by atoms with E-state index >= 15 is 0 Å². The van der Waals surface area contributed by atoms with Gasteiger partial charge in [0.25, 0.3) is 0 Å². The summed E-state index contributed by atoms with van der Waals surface area (Å²) in [6, 6.07) is 6.81. The molecule has 0 bridgehead atoms. The van der Waals surface area contributed by atoms with E-state index in [0.29, 0.717) is 19.3 Å². The van der Waals surface area contributed by atoms with Crippen molar-refractivity contribution < 1.29 is 9.47 Å². The molecule has 3 nitrogen and oxygen atoms in total. The Kier molecular flexibility index (Phi) is 6.37. The van der Waals surface area contributed by atoms with E-state index in [9.17, 15) is 0 Å². The van der Waals surface area contributed by atoms with Crippen molar-refractivity contribution in [1.29, 1.82) is 0 Å². The van der Waals surface area contributed by atoms with Gasteiger partial charge < -0.3 is 14.8 Å². The van der Waals surface area contributed by atoms with Gasteiger partial charge in [-0.3, -0.25) is 0 Å². The molecule has 1 N–H and O–H groups in total. The van der Waals surface area contributed by atoms with Crippen LogP contribution in [0.4, 0.5) is 0 Å². The molecule has 0 radical (unpaired) electrons. The first-order valence-corrected chi connectivity index (χ1v) is 8.41. The number of hydrogen-bond acceptors (Lipinski definition) is 3. The molecule has 21 heavy (non-hydrogen) atoms. The smallest absolute Gasteiger partial charge is 0.161 e. The molecule has 1 saturated carbocycles. The maximum Gasteiger partial charge on any atom is 0.161 e. The first-order chi connectivity index (χ1) is 10.3. The summed E-state index contributed by atoms with van der Waals surface area (Å²) in [5.74, 6) is 2.60. The van der Waals surface area contributed by atoms with E-state index < -0.39 is 0 Å². The number of nitrogens with one attached hydrogen (secondary N) is 1. The largest absolute Gasteiger partial charge is 0.490 e. The fourth-order valence-electron chi connectivity index (χ4n) is 2.93. The molecule has 0 saturated heterocycles. The van der Waals surface area contributed by atoms with Gasteiger partial charge in [0.2, 0.25) is 0 Å². The second kappa shape index (κ2) is 8.28. The van der Waals surface area contributed by atoms with Crippen LogP contribution in [0.1, 0.15) is 58.1 Å². The Bertz CT molecular complexity index is 429. The predicted molar refractivity (Wildman–Crippen MR) is 87.2 cm³/mol. The lowest BCUT2D eigenvalue weighted by Gasteiger charge is -2.30. The zero-order valence-corrected chi connectivity index (χ0v) is 13.7. The van der Waals surface area contributed by atoms with Gasteiger partial charge in [-0.25, -0.2) is 0 Å². The highest BCUT2D eigenvalue weighted by Gasteiger charge is 2.23. The predicted octanol–water partition coefficient (Wildman–Crippen LogP) is 4.32. The van der Waals surface area contributed by atoms with Crippen LogP contribution in [0, 0.1) is 5.92 Å². The molecule has 0 amide bonds. The highest BCUT2D eigenvalue weighted by molar-refractivity contribution is 5.44. The minimum atomic E-state index is 0.426. The molecule has 3 heteroatoms. The topological polar surface area (TPSA) is 30.5 Å². The van der Waals surface area contributed by atoms with Gasteiger partial charge in [-0.1, -0.05) is 32.3 Å². The maximum atomic E-state index is 5.75. The van der Waals surface area contributed by atoms with Crippen LogP contribution in [0.5, 0.6) is 11.5 Å². The fraction of sp³-hybridized carbons (Fsp3) is 0.667. The SMILES string of the molecule is CCNC(CC1CCC1)c1ccc(OCC)c(OCC)c1. The molecule has 1 aliphatic carbocycles. The van der Waals surface area contributed by atoms with E-state index in [-0.39, 0.29) is 0 Å². The van der Waals surface area contributed by atoms with Crippen LogP contribution in [0.3, 0.4) is 0 Å². The molecule has 0 spiro atoms. The summed E-state index contributed by atoms with van der Waals surface area (Å²) in [5, 5.41) is 3.62. The third kappa shape index (κ3) is 4.37. The van der Waals surface area contributed by atoms with E-state index in [1.54, 1.807) is 0 Å². The second-order valence-corrected chi connectivity index (χ2v) is 5.72. The van der Waals surface area contributed by atoms with Gasteiger partial charge in [0.15, 0.2) is 11.5 Å². The average Bonchev–Trinajstić information content (AvgIpc) is 2.44. The lowest BCUT2D eigenvalue weighted by molar-refractivity contribution is 0.261. The van der Waals surface area contributed by atoms with Crippen molar-refractivity contribution in [3.63, 3.8) is 0 Å². The van der Waals surface area contributed by atoms with Crippen molar-refractivity contribution >= 4 is 0 Å². The van der Waals surface area contributed by atoms with Gasteiger partial charge in [0, 0.05) is 6.04 Å². The molecule has 0 aromatic heterocycles. The van der Waals surface area contributed by atoms with Crippen molar-refractivity contribution in [3.8, 4) is 11.5 Å². The van der Waals surface area contributed by atoms with Crippen LogP contribution < -0.4 is 14.8 Å². The summed E-state index contributed by atoms with van der Waals surface area (Å²) >= 11 is 0. The molecule has 0 aliphatic heterocycles. The van der Waals surface area contributed by atoms with Crippen molar-refractivity contribution in [2.75, 3.05) is 19.8 Å². The lowest BCUT2D eigenvalue weighted by Crippen LogP contribution is -2.26. The third-order valence-corrected chi connectivity index (χ3v) is 4.21. The molecule has 1 fully saturated rings. The summed E-state index contributed by atoms with van der Waals surface area (Å²) in [5.41, 5.74) is 1.32. The summed E-state index contributed by atoms with van der Waals surface area (Å²) in [6.45, 7) is 8.51. The minimum Gasteiger partial charge on any atom is -0.490 e. The maximum absolute atomic E-state index is 5.75. The van der Waals surface area contributed by atoms with Crippen molar-refractivity contribution in [1.82, 2.24) is 5.32 Å². The van der Waals surface area contributed by atoms with Gasteiger partial charge in [-0.15, -0.1) is 0 Å². The minimum absolute atomic E-state index is 0.426. The van der Waals surface area contributed by atoms with E-state index in [2.05, 4.69) is 30.4 Å². The van der Waals surface area contributed by atoms with Crippen LogP contribution in [-0.2, 0) is 0 Å². The van der Waals surface area contributed by atoms with E-state index in [4.69, 9.17) is 9.47 Å². The molecule has 2 rings (SSSR count). The highest BCUT2D eigenvalue weighted by Crippen LogP contribution is 2.37. The summed E-state index contributed by atoms with van der Waals surface area (Å²) in [7, 11) is 0. The Labute approximate surface area is 129 Å². The highest BCUT2D eigenvalue weighted by atomic mass is 16.5. The molecule has 1 atom stereocenters. The lowest BCUT2D eigenvalue weighted by atomic mass is 9.79. The van der Waals surface area contributed by atoms with E-state index in [1.807, 2.05) is 13.8 Å². The summed E-state index contributed by atoms with van der Waals surface area (Å²) in [4.78, 5) is 0. The van der Waals surface area contributed by atoms with Crippen molar-refractivity contribution in [3.05, 3.63) is 23.8 Å². The zero-order chi connectivity index (χ0) is 15.1. The molecular weight excluding hydrogens is 262 g/mol. The fourth-order valence-corrected chi connectivity index (χ4v) is 2.93. The molecular formula is C18H29NO2. The van der Waals surface area contributed by atoms with Gasteiger partial charge in [0.1, 0.15) is 0 Å². The van der Waals surface area contributed by atoms with Crippen LogP contribution >= 0.6 is 0 Å². The Hall–Kier alpha value is -1.22. The molecule has 118 valence electrons. The Balaban J connectivity index is 2.15. The normalized spacial score (nSPS) is 16.3. The monoisotopic (exact) mass is 291 g/mol.